The fourth-order valence-electron chi connectivity index (χ4n) is 0. The van der Waals surface area contributed by atoms with Crippen molar-refractivity contribution in [3.05, 3.63) is 0 Å². The van der Waals surface area contributed by atoms with Crippen LogP contribution in [0, 0.1) is 0 Å². The van der Waals surface area contributed by atoms with Gasteiger partial charge in [0.1, 0.15) is 0 Å². The molecule has 0 unspecified atom stereocenters. The maximum atomic E-state index is 9.24. The van der Waals surface area contributed by atoms with E-state index < -0.39 is 19.9 Å². The summed E-state index contributed by atoms with van der Waals surface area (Å²) in [5, 5.41) is 24.3. The molecule has 0 spiro atoms. The van der Waals surface area contributed by atoms with E-state index in [1.807, 2.05) is 0 Å². The number of rotatable bonds is 1. The van der Waals surface area contributed by atoms with Crippen LogP contribution >= 0.6 is 7.82 Å². The molecule has 0 aliphatic heterocycles. The summed E-state index contributed by atoms with van der Waals surface area (Å²) in [6, 6.07) is 0. The van der Waals surface area contributed by atoms with E-state index in [4.69, 9.17) is 39.4 Å². The van der Waals surface area contributed by atoms with Crippen molar-refractivity contribution < 1.29 is 103 Å². The van der Waals surface area contributed by atoms with Crippen molar-refractivity contribution in [1.29, 1.82) is 0 Å². The fourth-order valence-corrected chi connectivity index (χ4v) is 0. The summed E-state index contributed by atoms with van der Waals surface area (Å²) in [6.07, 6.45) is -2.33. The molecular formula is C3H8NNa2O9P. The van der Waals surface area contributed by atoms with E-state index in [9.17, 15) is 4.79 Å². The third kappa shape index (κ3) is 358. The van der Waals surface area contributed by atoms with Crippen LogP contribution in [-0.4, -0.2) is 38.5 Å². The molecule has 13 heteroatoms. The maximum absolute atomic E-state index is 9.24. The Morgan fingerprint density at radius 3 is 1.19 bits per heavy atom. The number of hydrogen-bond acceptors (Lipinski definition) is 6. The van der Waals surface area contributed by atoms with Crippen LogP contribution in [0.5, 0.6) is 0 Å². The molecule has 0 aliphatic carbocycles. The van der Waals surface area contributed by atoms with Crippen LogP contribution in [-0.2, 0) is 9.36 Å². The third-order valence-corrected chi connectivity index (χ3v) is 0.175. The van der Waals surface area contributed by atoms with Crippen molar-refractivity contribution in [3.8, 4) is 0 Å². The summed E-state index contributed by atoms with van der Waals surface area (Å²) < 4.78 is 8.88. The van der Waals surface area contributed by atoms with Gasteiger partial charge in [-0.1, -0.05) is 0 Å². The molecule has 0 radical (unpaired) electrons. The van der Waals surface area contributed by atoms with Crippen molar-refractivity contribution >= 4 is 19.9 Å². The molecule has 0 heterocycles. The summed E-state index contributed by atoms with van der Waals surface area (Å²) in [5.41, 5.74) is 4.57. The average Bonchev–Trinajstić information content (AvgIpc) is 1.82. The van der Waals surface area contributed by atoms with Gasteiger partial charge in [0.25, 0.3) is 0 Å². The average molecular weight is 279 g/mol. The number of phosphoric acid groups is 1. The Balaban J connectivity index is -0.0000000358. The van der Waals surface area contributed by atoms with Crippen molar-refractivity contribution in [1.82, 2.24) is 0 Å². The topological polar surface area (TPSA) is 204 Å². The molecule has 0 aliphatic rings. The predicted molar refractivity (Wildman–Crippen MR) is 36.3 cm³/mol. The molecule has 0 fully saturated rings. The SMILES string of the molecule is NCC(=O)O.O=C([O-])[O-].O=P(O)(O)O.[Na+].[Na+]. The zero-order valence-corrected chi connectivity index (χ0v) is 13.5. The minimum absolute atomic E-state index is 0. The normalized spacial score (nSPS) is 7.50. The molecular weight excluding hydrogens is 271 g/mol. The number of aliphatic carboxylic acids is 1. The minimum Gasteiger partial charge on any atom is -0.652 e. The Hall–Kier alpha value is 0.810. The number of nitrogens with two attached hydrogens (primary N) is 1. The first-order valence-corrected chi connectivity index (χ1v) is 4.15. The van der Waals surface area contributed by atoms with E-state index in [0.29, 0.717) is 0 Å². The molecule has 0 saturated carbocycles. The number of carbonyl (C=O) groups excluding carboxylic acids is 1. The Bertz CT molecular complexity index is 205. The van der Waals surface area contributed by atoms with Gasteiger partial charge < -0.3 is 40.5 Å². The van der Waals surface area contributed by atoms with Crippen molar-refractivity contribution in [3.63, 3.8) is 0 Å². The second kappa shape index (κ2) is 18.2. The van der Waals surface area contributed by atoms with Gasteiger partial charge in [-0.25, -0.2) is 4.57 Å². The van der Waals surface area contributed by atoms with Crippen LogP contribution in [0.1, 0.15) is 0 Å². The minimum atomic E-state index is -4.64. The van der Waals surface area contributed by atoms with Crippen LogP contribution in [0.15, 0.2) is 0 Å². The largest absolute Gasteiger partial charge is 1.00 e. The van der Waals surface area contributed by atoms with E-state index in [1.54, 1.807) is 0 Å². The quantitative estimate of drug-likeness (QED) is 0.226. The van der Waals surface area contributed by atoms with E-state index in [2.05, 4.69) is 5.73 Å². The summed E-state index contributed by atoms with van der Waals surface area (Å²) in [6.45, 7) is -0.278. The third-order valence-electron chi connectivity index (χ3n) is 0.175. The van der Waals surface area contributed by atoms with E-state index >= 15 is 0 Å². The Morgan fingerprint density at radius 2 is 1.19 bits per heavy atom. The molecule has 10 nitrogen and oxygen atoms in total. The monoisotopic (exact) mass is 279 g/mol. The van der Waals surface area contributed by atoms with Crippen LogP contribution in [0.2, 0.25) is 0 Å². The fraction of sp³-hybridized carbons (Fsp3) is 0.333. The Kier molecular flexibility index (Phi) is 34.2. The molecule has 6 N–H and O–H groups in total. The summed E-state index contributed by atoms with van der Waals surface area (Å²) in [5.74, 6) is -0.968. The van der Waals surface area contributed by atoms with Crippen LogP contribution < -0.4 is 75.1 Å². The van der Waals surface area contributed by atoms with Crippen LogP contribution in [0.25, 0.3) is 0 Å². The molecule has 0 aromatic carbocycles. The van der Waals surface area contributed by atoms with Crippen LogP contribution in [0.3, 0.4) is 0 Å². The van der Waals surface area contributed by atoms with Gasteiger partial charge in [0.15, 0.2) is 0 Å². The maximum Gasteiger partial charge on any atom is 1.00 e. The number of carbonyl (C=O) groups is 2. The molecule has 0 saturated heterocycles. The second-order valence-electron chi connectivity index (χ2n) is 1.36. The molecule has 0 atom stereocenters. The molecule has 0 aromatic rings. The van der Waals surface area contributed by atoms with Gasteiger partial charge in [-0.05, 0) is 6.16 Å². The molecule has 0 aromatic heterocycles. The van der Waals surface area contributed by atoms with E-state index in [1.165, 1.54) is 0 Å². The first kappa shape index (κ1) is 30.1. The van der Waals surface area contributed by atoms with Gasteiger partial charge in [-0.2, -0.15) is 0 Å². The van der Waals surface area contributed by atoms with Gasteiger partial charge >= 0.3 is 72.9 Å². The summed E-state index contributed by atoms with van der Waals surface area (Å²) in [4.78, 5) is 39.1. The van der Waals surface area contributed by atoms with Gasteiger partial charge in [-0.3, -0.25) is 4.79 Å². The standard InChI is InChI=1S/C2H5NO2.CH2O3.2Na.H3O4P/c3-1-2(4)5;2-1(3)4;;;1-5(2,3)4/h1,3H2,(H,4,5);(H2,2,3,4);;;(H3,1,2,3,4)/q;;2*+1;/p-2. The van der Waals surface area contributed by atoms with Crippen LogP contribution in [0.4, 0.5) is 4.79 Å². The van der Waals surface area contributed by atoms with Crippen molar-refractivity contribution in [2.24, 2.45) is 5.73 Å². The van der Waals surface area contributed by atoms with Crippen molar-refractivity contribution in [2.45, 2.75) is 0 Å². The second-order valence-corrected chi connectivity index (χ2v) is 2.39. The molecule has 16 heavy (non-hydrogen) atoms. The molecule has 0 amide bonds. The zero-order valence-electron chi connectivity index (χ0n) is 8.56. The number of carboxylic acid groups (broad SMARTS) is 3. The van der Waals surface area contributed by atoms with Gasteiger partial charge in [0.05, 0.1) is 6.54 Å². The van der Waals surface area contributed by atoms with E-state index in [-0.39, 0.29) is 65.7 Å². The first-order valence-electron chi connectivity index (χ1n) is 2.58. The predicted octanol–water partition coefficient (Wildman–Crippen LogP) is -10.3. The Morgan fingerprint density at radius 1 is 1.12 bits per heavy atom. The smallest absolute Gasteiger partial charge is 0.652 e. The number of carboxylic acids is 1. The molecule has 86 valence electrons. The zero-order chi connectivity index (χ0) is 12.4. The molecule has 0 bridgehead atoms. The summed E-state index contributed by atoms with van der Waals surface area (Å²) in [7, 11) is -4.64. The summed E-state index contributed by atoms with van der Waals surface area (Å²) >= 11 is 0. The molecule has 0 rings (SSSR count). The van der Waals surface area contributed by atoms with Gasteiger partial charge in [-0.15, -0.1) is 0 Å². The first-order chi connectivity index (χ1) is 6.00. The van der Waals surface area contributed by atoms with Gasteiger partial charge in [0, 0.05) is 0 Å². The van der Waals surface area contributed by atoms with Crippen molar-refractivity contribution in [2.75, 3.05) is 6.54 Å². The number of hydrogen-bond donors (Lipinski definition) is 5. The Labute approximate surface area is 134 Å². The van der Waals surface area contributed by atoms with E-state index in [0.717, 1.165) is 0 Å². The van der Waals surface area contributed by atoms with Gasteiger partial charge in [0.2, 0.25) is 0 Å².